The van der Waals surface area contributed by atoms with Crippen LogP contribution in [0.1, 0.15) is 22.3 Å². The topological polar surface area (TPSA) is 34.1 Å². The van der Waals surface area contributed by atoms with Gasteiger partial charge in [-0.3, -0.25) is 4.98 Å². The van der Waals surface area contributed by atoms with Gasteiger partial charge in [-0.1, -0.05) is 48.0 Å². The smallest absolute Gasteiger partial charge is 0.119 e. The van der Waals surface area contributed by atoms with Crippen LogP contribution >= 0.6 is 0 Å². The molecule has 25 heavy (non-hydrogen) atoms. The summed E-state index contributed by atoms with van der Waals surface area (Å²) in [6.45, 7) is 4.33. The molecule has 0 atom stereocenters. The SMILES string of the molecule is Cc1ccc(COc2ccc(CNCc3cccnc3)cc2)cc1.[Cl-]. The second-order valence-corrected chi connectivity index (χ2v) is 5.88. The second-order valence-electron chi connectivity index (χ2n) is 5.88. The zero-order chi connectivity index (χ0) is 16.6. The molecule has 130 valence electrons. The number of nitrogens with one attached hydrogen (secondary N) is 1. The van der Waals surface area contributed by atoms with Gasteiger partial charge >= 0.3 is 0 Å². The number of aryl methyl sites for hydroxylation is 1. The standard InChI is InChI=1S/C21H22N2O.ClH/c1-17-4-6-19(7-5-17)16-24-21-10-8-18(9-11-21)13-23-15-20-3-2-12-22-14-20;/h2-12,14,23H,13,15-16H2,1H3;1H/p-1. The Hall–Kier alpha value is -2.36. The van der Waals surface area contributed by atoms with Gasteiger partial charge < -0.3 is 22.5 Å². The van der Waals surface area contributed by atoms with Crippen LogP contribution in [0, 0.1) is 6.92 Å². The molecule has 0 aliphatic carbocycles. The molecule has 0 amide bonds. The van der Waals surface area contributed by atoms with Gasteiger partial charge in [0.15, 0.2) is 0 Å². The second kappa shape index (κ2) is 9.82. The van der Waals surface area contributed by atoms with Gasteiger partial charge in [-0.15, -0.1) is 0 Å². The molecule has 0 saturated carbocycles. The third kappa shape index (κ3) is 6.22. The monoisotopic (exact) mass is 353 g/mol. The van der Waals surface area contributed by atoms with E-state index in [0.29, 0.717) is 6.61 Å². The summed E-state index contributed by atoms with van der Waals surface area (Å²) in [4.78, 5) is 4.12. The zero-order valence-corrected chi connectivity index (χ0v) is 15.0. The number of ether oxygens (including phenoxy) is 1. The molecule has 0 spiro atoms. The molecule has 0 fully saturated rings. The highest BCUT2D eigenvalue weighted by atomic mass is 35.5. The van der Waals surface area contributed by atoms with Gasteiger partial charge in [-0.05, 0) is 41.8 Å². The lowest BCUT2D eigenvalue weighted by molar-refractivity contribution is -0.00000536. The lowest BCUT2D eigenvalue weighted by Gasteiger charge is -2.08. The summed E-state index contributed by atoms with van der Waals surface area (Å²) in [5, 5.41) is 3.42. The number of halogens is 1. The van der Waals surface area contributed by atoms with Crippen molar-refractivity contribution in [3.63, 3.8) is 0 Å². The lowest BCUT2D eigenvalue weighted by atomic mass is 10.2. The van der Waals surface area contributed by atoms with E-state index in [1.807, 2.05) is 24.4 Å². The van der Waals surface area contributed by atoms with E-state index in [4.69, 9.17) is 4.74 Å². The van der Waals surface area contributed by atoms with Crippen molar-refractivity contribution >= 4 is 0 Å². The van der Waals surface area contributed by atoms with Gasteiger partial charge in [0.1, 0.15) is 12.4 Å². The van der Waals surface area contributed by atoms with E-state index in [-0.39, 0.29) is 12.4 Å². The van der Waals surface area contributed by atoms with E-state index in [2.05, 4.69) is 59.7 Å². The first-order chi connectivity index (χ1) is 11.8. The van der Waals surface area contributed by atoms with Crippen molar-refractivity contribution in [2.75, 3.05) is 0 Å². The number of pyridine rings is 1. The normalized spacial score (nSPS) is 10.1. The number of nitrogens with zero attached hydrogens (tertiary/aromatic N) is 1. The third-order valence-corrected chi connectivity index (χ3v) is 3.83. The van der Waals surface area contributed by atoms with E-state index < -0.39 is 0 Å². The number of hydrogen-bond donors (Lipinski definition) is 1. The van der Waals surface area contributed by atoms with Crippen LogP contribution in [0.25, 0.3) is 0 Å². The average molecular weight is 354 g/mol. The summed E-state index contributed by atoms with van der Waals surface area (Å²) in [6, 6.07) is 20.7. The van der Waals surface area contributed by atoms with Crippen LogP contribution in [-0.4, -0.2) is 4.98 Å². The highest BCUT2D eigenvalue weighted by Gasteiger charge is 1.98. The fourth-order valence-corrected chi connectivity index (χ4v) is 2.41. The first-order valence-electron chi connectivity index (χ1n) is 8.16. The molecule has 0 aliphatic heterocycles. The highest BCUT2D eigenvalue weighted by molar-refractivity contribution is 5.28. The van der Waals surface area contributed by atoms with Crippen molar-refractivity contribution in [1.29, 1.82) is 0 Å². The fourth-order valence-electron chi connectivity index (χ4n) is 2.41. The molecule has 0 radical (unpaired) electrons. The molecule has 3 rings (SSSR count). The lowest BCUT2D eigenvalue weighted by Crippen LogP contribution is -3.00. The van der Waals surface area contributed by atoms with Crippen LogP contribution in [0.3, 0.4) is 0 Å². The Balaban J connectivity index is 0.00000225. The molecular formula is C21H22ClN2O-. The van der Waals surface area contributed by atoms with Crippen molar-refractivity contribution in [3.8, 4) is 5.75 Å². The molecule has 1 N–H and O–H groups in total. The van der Waals surface area contributed by atoms with Crippen molar-refractivity contribution in [1.82, 2.24) is 10.3 Å². The molecule has 3 nitrogen and oxygen atoms in total. The Morgan fingerprint density at radius 1 is 0.840 bits per heavy atom. The summed E-state index contributed by atoms with van der Waals surface area (Å²) in [6.07, 6.45) is 3.67. The molecular weight excluding hydrogens is 332 g/mol. The van der Waals surface area contributed by atoms with E-state index in [9.17, 15) is 0 Å². The predicted molar refractivity (Wildman–Crippen MR) is 96.7 cm³/mol. The number of benzene rings is 2. The number of hydrogen-bond acceptors (Lipinski definition) is 3. The van der Waals surface area contributed by atoms with Gasteiger partial charge in [0.25, 0.3) is 0 Å². The van der Waals surface area contributed by atoms with Gasteiger partial charge in [0, 0.05) is 25.5 Å². The highest BCUT2D eigenvalue weighted by Crippen LogP contribution is 2.14. The van der Waals surface area contributed by atoms with Crippen LogP contribution in [0.4, 0.5) is 0 Å². The maximum absolute atomic E-state index is 5.83. The Kier molecular flexibility index (Phi) is 7.45. The molecule has 0 aliphatic rings. The van der Waals surface area contributed by atoms with Crippen LogP contribution in [0.5, 0.6) is 5.75 Å². The first-order valence-corrected chi connectivity index (χ1v) is 8.16. The van der Waals surface area contributed by atoms with Crippen LogP contribution < -0.4 is 22.5 Å². The van der Waals surface area contributed by atoms with E-state index >= 15 is 0 Å². The maximum atomic E-state index is 5.83. The number of aromatic nitrogens is 1. The Bertz CT molecular complexity index is 743. The minimum Gasteiger partial charge on any atom is -1.00 e. The van der Waals surface area contributed by atoms with Crippen molar-refractivity contribution in [2.24, 2.45) is 0 Å². The van der Waals surface area contributed by atoms with E-state index in [0.717, 1.165) is 18.8 Å². The van der Waals surface area contributed by atoms with Crippen LogP contribution in [0.15, 0.2) is 73.1 Å². The van der Waals surface area contributed by atoms with Gasteiger partial charge in [-0.25, -0.2) is 0 Å². The Morgan fingerprint density at radius 3 is 2.20 bits per heavy atom. The molecule has 0 saturated heterocycles. The predicted octanol–water partition coefficient (Wildman–Crippen LogP) is 1.26. The van der Waals surface area contributed by atoms with Crippen molar-refractivity contribution < 1.29 is 17.1 Å². The quantitative estimate of drug-likeness (QED) is 0.694. The summed E-state index contributed by atoms with van der Waals surface area (Å²) >= 11 is 0. The summed E-state index contributed by atoms with van der Waals surface area (Å²) in [7, 11) is 0. The van der Waals surface area contributed by atoms with Crippen molar-refractivity contribution in [2.45, 2.75) is 26.6 Å². The van der Waals surface area contributed by atoms with Crippen molar-refractivity contribution in [3.05, 3.63) is 95.3 Å². The molecule has 3 aromatic rings. The molecule has 0 bridgehead atoms. The molecule has 2 aromatic carbocycles. The summed E-state index contributed by atoms with van der Waals surface area (Å²) in [5.74, 6) is 0.895. The Morgan fingerprint density at radius 2 is 1.52 bits per heavy atom. The molecule has 1 aromatic heterocycles. The van der Waals surface area contributed by atoms with E-state index in [1.165, 1.54) is 22.3 Å². The summed E-state index contributed by atoms with van der Waals surface area (Å²) < 4.78 is 5.83. The average Bonchev–Trinajstić information content (AvgIpc) is 2.63. The molecule has 4 heteroatoms. The number of rotatable bonds is 7. The largest absolute Gasteiger partial charge is 1.00 e. The summed E-state index contributed by atoms with van der Waals surface area (Å²) in [5.41, 5.74) is 4.88. The third-order valence-electron chi connectivity index (χ3n) is 3.83. The minimum atomic E-state index is 0. The molecule has 1 heterocycles. The Labute approximate surface area is 155 Å². The van der Waals surface area contributed by atoms with E-state index in [1.54, 1.807) is 6.20 Å². The van der Waals surface area contributed by atoms with Crippen LogP contribution in [0.2, 0.25) is 0 Å². The minimum absolute atomic E-state index is 0. The van der Waals surface area contributed by atoms with Gasteiger partial charge in [0.2, 0.25) is 0 Å². The van der Waals surface area contributed by atoms with Crippen LogP contribution in [-0.2, 0) is 19.7 Å². The zero-order valence-electron chi connectivity index (χ0n) is 14.3. The maximum Gasteiger partial charge on any atom is 0.119 e. The fraction of sp³-hybridized carbons (Fsp3) is 0.190. The molecule has 0 unspecified atom stereocenters. The van der Waals surface area contributed by atoms with Gasteiger partial charge in [-0.2, -0.15) is 0 Å². The van der Waals surface area contributed by atoms with Gasteiger partial charge in [0.05, 0.1) is 0 Å². The first kappa shape index (κ1) is 19.0.